The van der Waals surface area contributed by atoms with Crippen LogP contribution in [0.2, 0.25) is 5.02 Å². The lowest BCUT2D eigenvalue weighted by Crippen LogP contribution is -2.26. The van der Waals surface area contributed by atoms with E-state index in [2.05, 4.69) is 10.3 Å². The van der Waals surface area contributed by atoms with E-state index in [0.29, 0.717) is 5.75 Å². The van der Waals surface area contributed by atoms with Crippen LogP contribution < -0.4 is 21.3 Å². The van der Waals surface area contributed by atoms with E-state index in [1.807, 2.05) is 4.98 Å². The van der Waals surface area contributed by atoms with Crippen molar-refractivity contribution < 1.29 is 9.53 Å². The maximum absolute atomic E-state index is 11.9. The SMILES string of the molecule is COc1ccc(C(=O)Nc2c[nH]c(=O)[nH]c2=O)cc1Cl. The number of hydrogen-bond donors (Lipinski definition) is 3. The highest BCUT2D eigenvalue weighted by Gasteiger charge is 2.11. The van der Waals surface area contributed by atoms with Gasteiger partial charge in [-0.1, -0.05) is 11.6 Å². The molecule has 0 atom stereocenters. The molecule has 2 rings (SSSR count). The summed E-state index contributed by atoms with van der Waals surface area (Å²) in [6.07, 6.45) is 1.12. The average molecular weight is 296 g/mol. The van der Waals surface area contributed by atoms with Gasteiger partial charge in [-0.3, -0.25) is 14.6 Å². The molecule has 0 saturated heterocycles. The summed E-state index contributed by atoms with van der Waals surface area (Å²) in [7, 11) is 1.46. The molecule has 0 bridgehead atoms. The fourth-order valence-corrected chi connectivity index (χ4v) is 1.76. The Morgan fingerprint density at radius 2 is 2.10 bits per heavy atom. The molecule has 0 unspecified atom stereocenters. The molecule has 0 fully saturated rings. The zero-order chi connectivity index (χ0) is 14.7. The average Bonchev–Trinajstić information content (AvgIpc) is 2.41. The highest BCUT2D eigenvalue weighted by Crippen LogP contribution is 2.25. The van der Waals surface area contributed by atoms with Crippen LogP contribution >= 0.6 is 11.6 Å². The summed E-state index contributed by atoms with van der Waals surface area (Å²) in [5.41, 5.74) is -1.16. The van der Waals surface area contributed by atoms with Gasteiger partial charge in [0.25, 0.3) is 11.5 Å². The molecule has 0 aliphatic carbocycles. The van der Waals surface area contributed by atoms with E-state index in [0.717, 1.165) is 6.20 Å². The molecule has 1 heterocycles. The minimum Gasteiger partial charge on any atom is -0.495 e. The number of methoxy groups -OCH3 is 1. The maximum atomic E-state index is 11.9. The molecule has 0 spiro atoms. The van der Waals surface area contributed by atoms with Crippen LogP contribution in [0.3, 0.4) is 0 Å². The van der Waals surface area contributed by atoms with Crippen molar-refractivity contribution in [2.45, 2.75) is 0 Å². The van der Waals surface area contributed by atoms with E-state index in [-0.39, 0.29) is 16.3 Å². The molecule has 2 aromatic rings. The van der Waals surface area contributed by atoms with Crippen LogP contribution in [-0.2, 0) is 0 Å². The van der Waals surface area contributed by atoms with Crippen molar-refractivity contribution in [3.8, 4) is 5.75 Å². The number of carbonyl (C=O) groups excluding carboxylic acids is 1. The van der Waals surface area contributed by atoms with Gasteiger partial charge in [-0.2, -0.15) is 0 Å². The minimum atomic E-state index is -0.693. The molecule has 1 amide bonds. The van der Waals surface area contributed by atoms with Gasteiger partial charge < -0.3 is 15.0 Å². The Morgan fingerprint density at radius 3 is 2.70 bits per heavy atom. The lowest BCUT2D eigenvalue weighted by molar-refractivity contribution is 0.102. The Bertz CT molecular complexity index is 766. The number of halogens is 1. The number of hydrogen-bond acceptors (Lipinski definition) is 4. The second-order valence-electron chi connectivity index (χ2n) is 3.79. The van der Waals surface area contributed by atoms with Crippen LogP contribution in [0.4, 0.5) is 5.69 Å². The van der Waals surface area contributed by atoms with Gasteiger partial charge in [0, 0.05) is 11.8 Å². The predicted octanol–water partition coefficient (Wildman–Crippen LogP) is 0.977. The molecule has 0 aliphatic heterocycles. The molecular weight excluding hydrogens is 286 g/mol. The van der Waals surface area contributed by atoms with Crippen molar-refractivity contribution in [3.63, 3.8) is 0 Å². The van der Waals surface area contributed by atoms with E-state index in [1.165, 1.54) is 25.3 Å². The number of rotatable bonds is 3. The first kappa shape index (κ1) is 13.9. The van der Waals surface area contributed by atoms with Crippen LogP contribution in [0.1, 0.15) is 10.4 Å². The Balaban J connectivity index is 2.26. The number of anilines is 1. The summed E-state index contributed by atoms with van der Waals surface area (Å²) < 4.78 is 4.97. The van der Waals surface area contributed by atoms with Gasteiger partial charge in [-0.15, -0.1) is 0 Å². The number of aromatic nitrogens is 2. The Morgan fingerprint density at radius 1 is 1.35 bits per heavy atom. The minimum absolute atomic E-state index is 0.0680. The van der Waals surface area contributed by atoms with Crippen molar-refractivity contribution in [3.05, 3.63) is 55.8 Å². The van der Waals surface area contributed by atoms with Crippen LogP contribution in [0.25, 0.3) is 0 Å². The fourth-order valence-electron chi connectivity index (χ4n) is 1.50. The molecule has 0 aliphatic rings. The number of nitrogens with one attached hydrogen (secondary N) is 3. The number of H-pyrrole nitrogens is 2. The summed E-state index contributed by atoms with van der Waals surface area (Å²) in [4.78, 5) is 38.5. The molecular formula is C12H10ClN3O4. The lowest BCUT2D eigenvalue weighted by atomic mass is 10.2. The van der Waals surface area contributed by atoms with E-state index in [1.54, 1.807) is 0 Å². The highest BCUT2D eigenvalue weighted by atomic mass is 35.5. The molecule has 8 heteroatoms. The first-order valence-corrected chi connectivity index (χ1v) is 5.86. The number of carbonyl (C=O) groups is 1. The topological polar surface area (TPSA) is 104 Å². The van der Waals surface area contributed by atoms with Crippen LogP contribution in [0, 0.1) is 0 Å². The number of amides is 1. The third-order valence-electron chi connectivity index (χ3n) is 2.48. The van der Waals surface area contributed by atoms with Crippen molar-refractivity contribution in [1.82, 2.24) is 9.97 Å². The van der Waals surface area contributed by atoms with Crippen LogP contribution in [0.5, 0.6) is 5.75 Å². The third-order valence-corrected chi connectivity index (χ3v) is 2.78. The largest absolute Gasteiger partial charge is 0.495 e. The second-order valence-corrected chi connectivity index (χ2v) is 4.20. The Labute approximate surface area is 117 Å². The number of ether oxygens (including phenoxy) is 1. The summed E-state index contributed by atoms with van der Waals surface area (Å²) in [5, 5.41) is 2.64. The quantitative estimate of drug-likeness (QED) is 0.785. The first-order valence-electron chi connectivity index (χ1n) is 5.48. The van der Waals surface area contributed by atoms with Gasteiger partial charge in [-0.05, 0) is 18.2 Å². The summed E-state index contributed by atoms with van der Waals surface area (Å²) in [6.45, 7) is 0. The van der Waals surface area contributed by atoms with Gasteiger partial charge in [0.1, 0.15) is 11.4 Å². The third kappa shape index (κ3) is 2.89. The molecule has 20 heavy (non-hydrogen) atoms. The molecule has 7 nitrogen and oxygen atoms in total. The van der Waals surface area contributed by atoms with E-state index < -0.39 is 17.2 Å². The van der Waals surface area contributed by atoms with Gasteiger partial charge in [0.15, 0.2) is 0 Å². The number of benzene rings is 1. The number of aromatic amines is 2. The van der Waals surface area contributed by atoms with Crippen molar-refractivity contribution in [1.29, 1.82) is 0 Å². The van der Waals surface area contributed by atoms with Crippen LogP contribution in [-0.4, -0.2) is 23.0 Å². The summed E-state index contributed by atoms with van der Waals surface area (Å²) >= 11 is 5.91. The molecule has 1 aromatic heterocycles. The van der Waals surface area contributed by atoms with Gasteiger partial charge >= 0.3 is 5.69 Å². The van der Waals surface area contributed by atoms with Gasteiger partial charge in [0.2, 0.25) is 0 Å². The summed E-state index contributed by atoms with van der Waals surface area (Å²) in [5.74, 6) is -0.0998. The smallest absolute Gasteiger partial charge is 0.325 e. The zero-order valence-electron chi connectivity index (χ0n) is 10.3. The highest BCUT2D eigenvalue weighted by molar-refractivity contribution is 6.32. The molecule has 0 saturated carbocycles. The van der Waals surface area contributed by atoms with Gasteiger partial charge in [0.05, 0.1) is 12.1 Å². The Hall–Kier alpha value is -2.54. The van der Waals surface area contributed by atoms with Crippen LogP contribution in [0.15, 0.2) is 34.0 Å². The molecule has 0 radical (unpaired) electrons. The molecule has 3 N–H and O–H groups in total. The zero-order valence-corrected chi connectivity index (χ0v) is 11.1. The maximum Gasteiger partial charge on any atom is 0.325 e. The van der Waals surface area contributed by atoms with Gasteiger partial charge in [-0.25, -0.2) is 4.79 Å². The van der Waals surface area contributed by atoms with Crippen molar-refractivity contribution >= 4 is 23.2 Å². The van der Waals surface area contributed by atoms with E-state index >= 15 is 0 Å². The normalized spacial score (nSPS) is 10.1. The molecule has 1 aromatic carbocycles. The summed E-state index contributed by atoms with van der Waals surface area (Å²) in [6, 6.07) is 4.45. The second kappa shape index (κ2) is 5.62. The van der Waals surface area contributed by atoms with E-state index in [4.69, 9.17) is 16.3 Å². The monoisotopic (exact) mass is 295 g/mol. The lowest BCUT2D eigenvalue weighted by Gasteiger charge is -2.06. The molecule has 104 valence electrons. The van der Waals surface area contributed by atoms with E-state index in [9.17, 15) is 14.4 Å². The van der Waals surface area contributed by atoms with Crippen molar-refractivity contribution in [2.24, 2.45) is 0 Å². The fraction of sp³-hybridized carbons (Fsp3) is 0.0833. The first-order chi connectivity index (χ1) is 9.51. The standard InChI is InChI=1S/C12H10ClN3O4/c1-20-9-3-2-6(4-7(9)13)10(17)15-8-5-14-12(19)16-11(8)18/h2-5H,1H3,(H,15,17)(H2,14,16,18,19). The Kier molecular flexibility index (Phi) is 3.90. The van der Waals surface area contributed by atoms with Crippen molar-refractivity contribution in [2.75, 3.05) is 12.4 Å². The predicted molar refractivity (Wildman–Crippen MR) is 73.6 cm³/mol.